The monoisotopic (exact) mass is 428 g/mol. The standard InChI is InChI=1S/C18H28N4O6S/c1-18(2,3)28-17(24)20-6-8-22(9-7-20)29(25,26)15-12-21(13-15)16(23)19-11-14-5-4-10-27-14/h4-5,10,15H,6-9,11-13H2,1-3H3,(H,19,23). The van der Waals surface area contributed by atoms with Gasteiger partial charge in [-0.25, -0.2) is 18.0 Å². The van der Waals surface area contributed by atoms with Gasteiger partial charge in [0.1, 0.15) is 16.6 Å². The van der Waals surface area contributed by atoms with Crippen LogP contribution in [-0.2, 0) is 21.3 Å². The van der Waals surface area contributed by atoms with Gasteiger partial charge in [-0.05, 0) is 32.9 Å². The van der Waals surface area contributed by atoms with Crippen LogP contribution >= 0.6 is 0 Å². The van der Waals surface area contributed by atoms with Crippen LogP contribution in [0.1, 0.15) is 26.5 Å². The van der Waals surface area contributed by atoms with E-state index in [2.05, 4.69) is 5.32 Å². The molecule has 3 amide bonds. The van der Waals surface area contributed by atoms with E-state index >= 15 is 0 Å². The summed E-state index contributed by atoms with van der Waals surface area (Å²) < 4.78 is 37.5. The fraction of sp³-hybridized carbons (Fsp3) is 0.667. The number of hydrogen-bond donors (Lipinski definition) is 1. The highest BCUT2D eigenvalue weighted by Gasteiger charge is 2.44. The second kappa shape index (κ2) is 8.23. The van der Waals surface area contributed by atoms with Gasteiger partial charge in [0.25, 0.3) is 0 Å². The Hall–Kier alpha value is -2.27. The number of sulfonamides is 1. The molecule has 1 aromatic heterocycles. The van der Waals surface area contributed by atoms with Crippen molar-refractivity contribution in [2.24, 2.45) is 0 Å². The Bertz CT molecular complexity index is 819. The Kier molecular flexibility index (Phi) is 6.08. The summed E-state index contributed by atoms with van der Waals surface area (Å²) in [6.45, 7) is 6.95. The minimum atomic E-state index is -3.52. The summed E-state index contributed by atoms with van der Waals surface area (Å²) in [5.74, 6) is 0.630. The molecule has 2 aliphatic rings. The fourth-order valence-electron chi connectivity index (χ4n) is 3.14. The lowest BCUT2D eigenvalue weighted by Gasteiger charge is -2.42. The van der Waals surface area contributed by atoms with Crippen LogP contribution in [0.15, 0.2) is 22.8 Å². The highest BCUT2D eigenvalue weighted by molar-refractivity contribution is 7.89. The summed E-state index contributed by atoms with van der Waals surface area (Å²) >= 11 is 0. The van der Waals surface area contributed by atoms with Gasteiger partial charge in [-0.2, -0.15) is 4.31 Å². The molecule has 3 heterocycles. The van der Waals surface area contributed by atoms with Crippen LogP contribution in [-0.4, -0.2) is 84.8 Å². The topological polar surface area (TPSA) is 112 Å². The van der Waals surface area contributed by atoms with Crippen molar-refractivity contribution in [2.45, 2.75) is 38.2 Å². The van der Waals surface area contributed by atoms with Crippen LogP contribution in [0.4, 0.5) is 9.59 Å². The molecule has 0 saturated carbocycles. The van der Waals surface area contributed by atoms with Gasteiger partial charge in [0.05, 0.1) is 12.8 Å². The maximum atomic E-state index is 12.8. The van der Waals surface area contributed by atoms with Crippen molar-refractivity contribution in [2.75, 3.05) is 39.3 Å². The van der Waals surface area contributed by atoms with E-state index in [0.29, 0.717) is 5.76 Å². The molecule has 2 aliphatic heterocycles. The Labute approximate surface area is 170 Å². The van der Waals surface area contributed by atoms with Gasteiger partial charge in [0, 0.05) is 39.3 Å². The predicted molar refractivity (Wildman–Crippen MR) is 105 cm³/mol. The van der Waals surface area contributed by atoms with Crippen molar-refractivity contribution in [1.82, 2.24) is 19.4 Å². The number of amides is 3. The first kappa shape index (κ1) is 21.4. The second-order valence-corrected chi connectivity index (χ2v) is 10.4. The third-order valence-electron chi connectivity index (χ3n) is 4.80. The summed E-state index contributed by atoms with van der Waals surface area (Å²) in [4.78, 5) is 27.2. The first-order valence-corrected chi connectivity index (χ1v) is 11.1. The summed E-state index contributed by atoms with van der Waals surface area (Å²) in [6.07, 6.45) is 1.09. The van der Waals surface area contributed by atoms with Crippen LogP contribution < -0.4 is 5.32 Å². The third-order valence-corrected chi connectivity index (χ3v) is 7.03. The van der Waals surface area contributed by atoms with Gasteiger partial charge in [0.15, 0.2) is 0 Å². The first-order valence-electron chi connectivity index (χ1n) is 9.58. The van der Waals surface area contributed by atoms with E-state index in [1.54, 1.807) is 32.9 Å². The van der Waals surface area contributed by atoms with Gasteiger partial charge < -0.3 is 24.3 Å². The summed E-state index contributed by atoms with van der Waals surface area (Å²) in [7, 11) is -3.52. The molecule has 0 aromatic carbocycles. The van der Waals surface area contributed by atoms with Crippen molar-refractivity contribution in [3.8, 4) is 0 Å². The number of urea groups is 1. The Balaban J connectivity index is 1.44. The van der Waals surface area contributed by atoms with Crippen LogP contribution in [0, 0.1) is 0 Å². The van der Waals surface area contributed by atoms with Crippen LogP contribution in [0.3, 0.4) is 0 Å². The van der Waals surface area contributed by atoms with E-state index in [9.17, 15) is 18.0 Å². The molecule has 10 nitrogen and oxygen atoms in total. The Morgan fingerprint density at radius 2 is 1.83 bits per heavy atom. The summed E-state index contributed by atoms with van der Waals surface area (Å²) in [5.41, 5.74) is -0.590. The summed E-state index contributed by atoms with van der Waals surface area (Å²) in [5, 5.41) is 2.08. The van der Waals surface area contributed by atoms with Crippen molar-refractivity contribution in [3.63, 3.8) is 0 Å². The average molecular weight is 429 g/mol. The second-order valence-electron chi connectivity index (χ2n) is 8.18. The van der Waals surface area contributed by atoms with E-state index in [-0.39, 0.29) is 51.8 Å². The van der Waals surface area contributed by atoms with Gasteiger partial charge in [0.2, 0.25) is 10.0 Å². The van der Waals surface area contributed by atoms with E-state index < -0.39 is 27.0 Å². The number of furan rings is 1. The zero-order chi connectivity index (χ0) is 21.2. The number of carbonyl (C=O) groups is 2. The molecule has 0 bridgehead atoms. The zero-order valence-corrected chi connectivity index (χ0v) is 17.8. The van der Waals surface area contributed by atoms with Crippen molar-refractivity contribution < 1.29 is 27.2 Å². The molecule has 29 heavy (non-hydrogen) atoms. The molecule has 0 unspecified atom stereocenters. The highest BCUT2D eigenvalue weighted by Crippen LogP contribution is 2.22. The number of carbonyl (C=O) groups excluding carboxylic acids is 2. The maximum Gasteiger partial charge on any atom is 0.410 e. The molecular weight excluding hydrogens is 400 g/mol. The Morgan fingerprint density at radius 1 is 1.17 bits per heavy atom. The number of nitrogens with zero attached hydrogens (tertiary/aromatic N) is 3. The van der Waals surface area contributed by atoms with Gasteiger partial charge in [-0.15, -0.1) is 0 Å². The number of piperazine rings is 1. The average Bonchev–Trinajstić information content (AvgIpc) is 3.10. The lowest BCUT2D eigenvalue weighted by Crippen LogP contribution is -2.63. The molecule has 162 valence electrons. The number of ether oxygens (including phenoxy) is 1. The molecule has 0 spiro atoms. The van der Waals surface area contributed by atoms with E-state index in [1.165, 1.54) is 20.4 Å². The highest BCUT2D eigenvalue weighted by atomic mass is 32.2. The normalized spacial score (nSPS) is 19.0. The van der Waals surface area contributed by atoms with Crippen molar-refractivity contribution in [3.05, 3.63) is 24.2 Å². The lowest BCUT2D eigenvalue weighted by molar-refractivity contribution is 0.0191. The molecule has 1 aromatic rings. The summed E-state index contributed by atoms with van der Waals surface area (Å²) in [6, 6.07) is 3.17. The zero-order valence-electron chi connectivity index (χ0n) is 17.0. The van der Waals surface area contributed by atoms with Crippen LogP contribution in [0.25, 0.3) is 0 Å². The number of rotatable bonds is 4. The molecule has 0 aliphatic carbocycles. The third kappa shape index (κ3) is 5.21. The molecule has 3 rings (SSSR count). The molecule has 2 fully saturated rings. The Morgan fingerprint density at radius 3 is 2.38 bits per heavy atom. The molecule has 0 atom stereocenters. The van der Waals surface area contributed by atoms with E-state index in [0.717, 1.165) is 0 Å². The lowest BCUT2D eigenvalue weighted by atomic mass is 10.2. The minimum Gasteiger partial charge on any atom is -0.467 e. The quantitative estimate of drug-likeness (QED) is 0.767. The molecule has 0 radical (unpaired) electrons. The van der Waals surface area contributed by atoms with Crippen LogP contribution in [0.5, 0.6) is 0 Å². The molecule has 1 N–H and O–H groups in total. The van der Waals surface area contributed by atoms with Crippen LogP contribution in [0.2, 0.25) is 0 Å². The van der Waals surface area contributed by atoms with Crippen molar-refractivity contribution in [1.29, 1.82) is 0 Å². The SMILES string of the molecule is CC(C)(C)OC(=O)N1CCN(S(=O)(=O)C2CN(C(=O)NCc3ccco3)C2)CC1. The smallest absolute Gasteiger partial charge is 0.410 e. The maximum absolute atomic E-state index is 12.8. The molecular formula is C18H28N4O6S. The number of hydrogen-bond acceptors (Lipinski definition) is 6. The number of likely N-dealkylation sites (tertiary alicyclic amines) is 1. The van der Waals surface area contributed by atoms with Gasteiger partial charge in [-0.1, -0.05) is 0 Å². The van der Waals surface area contributed by atoms with Gasteiger partial charge >= 0.3 is 12.1 Å². The van der Waals surface area contributed by atoms with Gasteiger partial charge in [-0.3, -0.25) is 0 Å². The minimum absolute atomic E-state index is 0.151. The molecule has 11 heteroatoms. The fourth-order valence-corrected chi connectivity index (χ4v) is 4.97. The number of nitrogens with one attached hydrogen (secondary N) is 1. The van der Waals surface area contributed by atoms with Crippen molar-refractivity contribution >= 4 is 22.1 Å². The molecule has 2 saturated heterocycles. The largest absolute Gasteiger partial charge is 0.467 e. The predicted octanol–water partition coefficient (Wildman–Crippen LogP) is 1.06. The van der Waals surface area contributed by atoms with E-state index in [4.69, 9.17) is 9.15 Å². The first-order chi connectivity index (χ1) is 13.6. The van der Waals surface area contributed by atoms with E-state index in [1.807, 2.05) is 0 Å².